The van der Waals surface area contributed by atoms with Crippen LogP contribution in [0.15, 0.2) is 30.2 Å². The molecule has 0 N–H and O–H groups in total. The topological polar surface area (TPSA) is 70.1 Å². The first kappa shape index (κ1) is 17.1. The van der Waals surface area contributed by atoms with Crippen LogP contribution in [-0.2, 0) is 19.0 Å². The molecule has 1 atom stereocenters. The Bertz CT molecular complexity index is 828. The minimum absolute atomic E-state index is 0.00519. The van der Waals surface area contributed by atoms with Crippen molar-refractivity contribution in [3.63, 3.8) is 0 Å². The Hall–Kier alpha value is -2.32. The van der Waals surface area contributed by atoms with Gasteiger partial charge in [-0.25, -0.2) is 4.98 Å². The summed E-state index contributed by atoms with van der Waals surface area (Å²) >= 11 is 1.45. The SMILES string of the molecule is COc1ccc2nc(N(CC3CCCO3)C(=O)C3=COCCO3)sc2c1. The van der Waals surface area contributed by atoms with Gasteiger partial charge in [-0.1, -0.05) is 11.3 Å². The number of anilines is 1. The highest BCUT2D eigenvalue weighted by atomic mass is 32.1. The van der Waals surface area contributed by atoms with Crippen LogP contribution >= 0.6 is 11.3 Å². The molecule has 2 aromatic rings. The van der Waals surface area contributed by atoms with Crippen molar-refractivity contribution in [2.24, 2.45) is 0 Å². The van der Waals surface area contributed by atoms with Crippen LogP contribution in [0.5, 0.6) is 5.75 Å². The lowest BCUT2D eigenvalue weighted by atomic mass is 10.2. The third kappa shape index (κ3) is 3.47. The number of carbonyl (C=O) groups is 1. The summed E-state index contributed by atoms with van der Waals surface area (Å²) in [4.78, 5) is 19.3. The first-order valence-electron chi connectivity index (χ1n) is 8.57. The molecule has 1 unspecified atom stereocenters. The number of ether oxygens (including phenoxy) is 4. The number of benzene rings is 1. The van der Waals surface area contributed by atoms with Crippen LogP contribution < -0.4 is 9.64 Å². The zero-order chi connectivity index (χ0) is 17.9. The van der Waals surface area contributed by atoms with E-state index in [0.717, 1.165) is 35.4 Å². The van der Waals surface area contributed by atoms with Gasteiger partial charge in [-0.3, -0.25) is 9.69 Å². The largest absolute Gasteiger partial charge is 0.497 e. The van der Waals surface area contributed by atoms with Crippen LogP contribution in [0.3, 0.4) is 0 Å². The number of rotatable bonds is 5. The van der Waals surface area contributed by atoms with E-state index in [2.05, 4.69) is 4.98 Å². The Morgan fingerprint density at radius 2 is 2.31 bits per heavy atom. The average molecular weight is 376 g/mol. The van der Waals surface area contributed by atoms with E-state index < -0.39 is 0 Å². The molecule has 0 bridgehead atoms. The molecule has 1 saturated heterocycles. The Morgan fingerprint density at radius 3 is 3.04 bits per heavy atom. The molecule has 1 fully saturated rings. The van der Waals surface area contributed by atoms with Gasteiger partial charge < -0.3 is 18.9 Å². The summed E-state index contributed by atoms with van der Waals surface area (Å²) in [6.07, 6.45) is 3.32. The van der Waals surface area contributed by atoms with Crippen molar-refractivity contribution in [2.75, 3.05) is 38.4 Å². The highest BCUT2D eigenvalue weighted by Gasteiger charge is 2.30. The normalized spacial score (nSPS) is 19.6. The molecular formula is C18H20N2O5S. The Labute approximate surface area is 155 Å². The van der Waals surface area contributed by atoms with E-state index in [1.807, 2.05) is 18.2 Å². The molecule has 1 aromatic carbocycles. The molecular weight excluding hydrogens is 356 g/mol. The molecule has 2 aliphatic rings. The summed E-state index contributed by atoms with van der Waals surface area (Å²) in [5, 5.41) is 0.615. The van der Waals surface area contributed by atoms with Crippen LogP contribution in [0.4, 0.5) is 5.13 Å². The second-order valence-electron chi connectivity index (χ2n) is 6.08. The van der Waals surface area contributed by atoms with Gasteiger partial charge in [0, 0.05) is 6.61 Å². The fourth-order valence-electron chi connectivity index (χ4n) is 2.99. The minimum atomic E-state index is -0.258. The third-order valence-electron chi connectivity index (χ3n) is 4.33. The summed E-state index contributed by atoms with van der Waals surface area (Å²) in [6, 6.07) is 5.67. The van der Waals surface area contributed by atoms with E-state index >= 15 is 0 Å². The van der Waals surface area contributed by atoms with E-state index in [1.165, 1.54) is 17.6 Å². The van der Waals surface area contributed by atoms with Crippen LogP contribution in [0.25, 0.3) is 10.2 Å². The lowest BCUT2D eigenvalue weighted by Gasteiger charge is -2.25. The lowest BCUT2D eigenvalue weighted by molar-refractivity contribution is -0.120. The predicted octanol–water partition coefficient (Wildman–Crippen LogP) is 2.71. The van der Waals surface area contributed by atoms with Crippen LogP contribution in [0.1, 0.15) is 12.8 Å². The number of aromatic nitrogens is 1. The first-order valence-corrected chi connectivity index (χ1v) is 9.39. The highest BCUT2D eigenvalue weighted by Crippen LogP contribution is 2.33. The van der Waals surface area contributed by atoms with Crippen molar-refractivity contribution in [1.29, 1.82) is 0 Å². The average Bonchev–Trinajstić information content (AvgIpc) is 3.34. The quantitative estimate of drug-likeness (QED) is 0.799. The van der Waals surface area contributed by atoms with Gasteiger partial charge in [-0.05, 0) is 31.0 Å². The maximum absolute atomic E-state index is 13.0. The molecule has 1 aromatic heterocycles. The predicted molar refractivity (Wildman–Crippen MR) is 97.5 cm³/mol. The van der Waals surface area contributed by atoms with E-state index in [-0.39, 0.29) is 17.8 Å². The van der Waals surface area contributed by atoms with Crippen LogP contribution in [0.2, 0.25) is 0 Å². The molecule has 1 amide bonds. The molecule has 0 saturated carbocycles. The van der Waals surface area contributed by atoms with Crippen molar-refractivity contribution < 1.29 is 23.7 Å². The zero-order valence-corrected chi connectivity index (χ0v) is 15.3. The molecule has 0 aliphatic carbocycles. The molecule has 4 rings (SSSR count). The van der Waals surface area contributed by atoms with Crippen molar-refractivity contribution in [1.82, 2.24) is 4.98 Å². The molecule has 8 heteroatoms. The number of amides is 1. The van der Waals surface area contributed by atoms with Crippen LogP contribution in [0, 0.1) is 0 Å². The summed E-state index contributed by atoms with van der Waals surface area (Å²) in [5.74, 6) is 0.703. The molecule has 0 radical (unpaired) electrons. The van der Waals surface area contributed by atoms with Gasteiger partial charge in [0.15, 0.2) is 5.13 Å². The molecule has 0 spiro atoms. The summed E-state index contributed by atoms with van der Waals surface area (Å²) < 4.78 is 22.7. The van der Waals surface area contributed by atoms with E-state index in [0.29, 0.717) is 24.9 Å². The smallest absolute Gasteiger partial charge is 0.298 e. The lowest BCUT2D eigenvalue weighted by Crippen LogP contribution is -2.39. The van der Waals surface area contributed by atoms with E-state index in [1.54, 1.807) is 12.0 Å². The summed E-state index contributed by atoms with van der Waals surface area (Å²) in [6.45, 7) is 1.98. The Kier molecular flexibility index (Phi) is 4.94. The number of nitrogens with zero attached hydrogens (tertiary/aromatic N) is 2. The molecule has 7 nitrogen and oxygen atoms in total. The van der Waals surface area contributed by atoms with Gasteiger partial charge in [-0.2, -0.15) is 0 Å². The number of carbonyl (C=O) groups excluding carboxylic acids is 1. The number of fused-ring (bicyclic) bond motifs is 1. The Morgan fingerprint density at radius 1 is 1.38 bits per heavy atom. The molecule has 26 heavy (non-hydrogen) atoms. The third-order valence-corrected chi connectivity index (χ3v) is 5.37. The van der Waals surface area contributed by atoms with Crippen LogP contribution in [-0.4, -0.2) is 50.5 Å². The molecule has 138 valence electrons. The van der Waals surface area contributed by atoms with Gasteiger partial charge in [0.1, 0.15) is 25.2 Å². The van der Waals surface area contributed by atoms with Gasteiger partial charge in [-0.15, -0.1) is 0 Å². The van der Waals surface area contributed by atoms with Crippen molar-refractivity contribution >= 4 is 32.6 Å². The maximum atomic E-state index is 13.0. The van der Waals surface area contributed by atoms with Gasteiger partial charge in [0.2, 0.25) is 5.76 Å². The first-order chi connectivity index (χ1) is 12.7. The number of hydrogen-bond donors (Lipinski definition) is 0. The van der Waals surface area contributed by atoms with Gasteiger partial charge in [0.05, 0.1) is 30.0 Å². The summed E-state index contributed by atoms with van der Waals surface area (Å²) in [7, 11) is 1.63. The Balaban J connectivity index is 1.66. The standard InChI is InChI=1S/C18H20N2O5S/c1-22-12-4-5-14-16(9-12)26-18(19-14)20(10-13-3-2-6-24-13)17(21)15-11-23-7-8-25-15/h4-5,9,11,13H,2-3,6-8,10H2,1H3. The van der Waals surface area contributed by atoms with Gasteiger partial charge >= 0.3 is 0 Å². The number of methoxy groups -OCH3 is 1. The van der Waals surface area contributed by atoms with E-state index in [9.17, 15) is 4.79 Å². The number of thiazole rings is 1. The van der Waals surface area contributed by atoms with E-state index in [4.69, 9.17) is 18.9 Å². The fourth-order valence-corrected chi connectivity index (χ4v) is 3.99. The van der Waals surface area contributed by atoms with Crippen molar-refractivity contribution in [3.05, 3.63) is 30.2 Å². The second kappa shape index (κ2) is 7.51. The number of hydrogen-bond acceptors (Lipinski definition) is 7. The zero-order valence-electron chi connectivity index (χ0n) is 14.5. The van der Waals surface area contributed by atoms with Gasteiger partial charge in [0.25, 0.3) is 5.91 Å². The molecule has 2 aliphatic heterocycles. The van der Waals surface area contributed by atoms with Crippen molar-refractivity contribution in [3.8, 4) is 5.75 Å². The second-order valence-corrected chi connectivity index (χ2v) is 7.09. The molecule has 3 heterocycles. The maximum Gasteiger partial charge on any atom is 0.298 e. The monoisotopic (exact) mass is 376 g/mol. The minimum Gasteiger partial charge on any atom is -0.497 e. The highest BCUT2D eigenvalue weighted by molar-refractivity contribution is 7.22. The van der Waals surface area contributed by atoms with Crippen molar-refractivity contribution in [2.45, 2.75) is 18.9 Å². The fraction of sp³-hybridized carbons (Fsp3) is 0.444. The summed E-state index contributed by atoms with van der Waals surface area (Å²) in [5.41, 5.74) is 0.825.